The Hall–Kier alpha value is -5.08. The summed E-state index contributed by atoms with van der Waals surface area (Å²) in [5.74, 6) is 0. The summed E-state index contributed by atoms with van der Waals surface area (Å²) in [5.41, 5.74) is 11.1. The number of benzene rings is 6. The SMILES string of the molecule is C=C(/C=C\C=C/N)c1ccc2c3ccc4ccccc4c3n(-c3cc4ccccc4c4ccccc34)c2c1. The zero-order valence-corrected chi connectivity index (χ0v) is 20.9. The highest BCUT2D eigenvalue weighted by Gasteiger charge is 2.18. The average molecular weight is 487 g/mol. The van der Waals surface area contributed by atoms with Gasteiger partial charge in [-0.05, 0) is 57.1 Å². The van der Waals surface area contributed by atoms with Crippen LogP contribution in [-0.4, -0.2) is 4.57 Å². The van der Waals surface area contributed by atoms with Crippen molar-refractivity contribution in [2.75, 3.05) is 0 Å². The second-order valence-corrected chi connectivity index (χ2v) is 9.68. The quantitative estimate of drug-likeness (QED) is 0.195. The Labute approximate surface area is 221 Å². The maximum Gasteiger partial charge on any atom is 0.0619 e. The van der Waals surface area contributed by atoms with Crippen molar-refractivity contribution in [2.24, 2.45) is 5.73 Å². The first-order valence-electron chi connectivity index (χ1n) is 12.9. The van der Waals surface area contributed by atoms with E-state index < -0.39 is 0 Å². The van der Waals surface area contributed by atoms with Crippen molar-refractivity contribution >= 4 is 59.7 Å². The molecule has 7 rings (SSSR count). The molecule has 180 valence electrons. The maximum absolute atomic E-state index is 5.52. The summed E-state index contributed by atoms with van der Waals surface area (Å²) in [6.45, 7) is 4.33. The number of aromatic nitrogens is 1. The van der Waals surface area contributed by atoms with Gasteiger partial charge in [0.15, 0.2) is 0 Å². The third-order valence-corrected chi connectivity index (χ3v) is 7.53. The van der Waals surface area contributed by atoms with E-state index in [-0.39, 0.29) is 0 Å². The van der Waals surface area contributed by atoms with Crippen molar-refractivity contribution in [3.63, 3.8) is 0 Å². The maximum atomic E-state index is 5.52. The molecule has 1 heterocycles. The number of hydrogen-bond donors (Lipinski definition) is 1. The Morgan fingerprint density at radius 3 is 2.11 bits per heavy atom. The van der Waals surface area contributed by atoms with Gasteiger partial charge in [0.2, 0.25) is 0 Å². The Morgan fingerprint density at radius 1 is 0.605 bits per heavy atom. The van der Waals surface area contributed by atoms with Gasteiger partial charge < -0.3 is 10.3 Å². The van der Waals surface area contributed by atoms with Gasteiger partial charge in [0.25, 0.3) is 0 Å². The van der Waals surface area contributed by atoms with Gasteiger partial charge in [-0.15, -0.1) is 0 Å². The highest BCUT2D eigenvalue weighted by Crippen LogP contribution is 2.40. The topological polar surface area (TPSA) is 30.9 Å². The van der Waals surface area contributed by atoms with Crippen molar-refractivity contribution in [1.82, 2.24) is 4.57 Å². The number of fused-ring (bicyclic) bond motifs is 8. The van der Waals surface area contributed by atoms with Gasteiger partial charge in [-0.2, -0.15) is 0 Å². The summed E-state index contributed by atoms with van der Waals surface area (Å²) >= 11 is 0. The summed E-state index contributed by atoms with van der Waals surface area (Å²) in [5, 5.41) is 9.93. The van der Waals surface area contributed by atoms with Gasteiger partial charge >= 0.3 is 0 Å². The van der Waals surface area contributed by atoms with Crippen molar-refractivity contribution in [3.05, 3.63) is 146 Å². The minimum Gasteiger partial charge on any atom is -0.405 e. The Balaban J connectivity index is 1.66. The van der Waals surface area contributed by atoms with Crippen LogP contribution in [0, 0.1) is 0 Å². The zero-order valence-electron chi connectivity index (χ0n) is 20.9. The van der Waals surface area contributed by atoms with Crippen molar-refractivity contribution in [1.29, 1.82) is 0 Å². The molecule has 6 aromatic carbocycles. The first kappa shape index (κ1) is 22.1. The lowest BCUT2D eigenvalue weighted by atomic mass is 10.00. The molecule has 0 bridgehead atoms. The largest absolute Gasteiger partial charge is 0.405 e. The monoisotopic (exact) mass is 486 g/mol. The van der Waals surface area contributed by atoms with E-state index in [2.05, 4.69) is 120 Å². The third-order valence-electron chi connectivity index (χ3n) is 7.53. The van der Waals surface area contributed by atoms with Crippen LogP contribution in [0.3, 0.4) is 0 Å². The smallest absolute Gasteiger partial charge is 0.0619 e. The second kappa shape index (κ2) is 8.79. The van der Waals surface area contributed by atoms with E-state index in [1.54, 1.807) is 0 Å². The molecule has 7 aromatic rings. The predicted octanol–water partition coefficient (Wildman–Crippen LogP) is 9.29. The number of allylic oxidation sites excluding steroid dienone is 4. The Morgan fingerprint density at radius 2 is 1.29 bits per heavy atom. The van der Waals surface area contributed by atoms with Crippen LogP contribution in [0.1, 0.15) is 5.56 Å². The first-order chi connectivity index (χ1) is 18.7. The third kappa shape index (κ3) is 3.35. The van der Waals surface area contributed by atoms with Crippen LogP contribution in [0.15, 0.2) is 140 Å². The van der Waals surface area contributed by atoms with E-state index in [4.69, 9.17) is 5.73 Å². The van der Waals surface area contributed by atoms with E-state index in [0.717, 1.165) is 11.1 Å². The highest BCUT2D eigenvalue weighted by atomic mass is 15.0. The van der Waals surface area contributed by atoms with Crippen LogP contribution in [0.2, 0.25) is 0 Å². The van der Waals surface area contributed by atoms with E-state index in [1.807, 2.05) is 18.2 Å². The van der Waals surface area contributed by atoms with E-state index in [1.165, 1.54) is 66.0 Å². The fourth-order valence-corrected chi connectivity index (χ4v) is 5.78. The van der Waals surface area contributed by atoms with Gasteiger partial charge in [-0.25, -0.2) is 0 Å². The minimum absolute atomic E-state index is 0.940. The van der Waals surface area contributed by atoms with Crippen LogP contribution in [-0.2, 0) is 0 Å². The summed E-state index contributed by atoms with van der Waals surface area (Å²) in [6, 6.07) is 39.6. The molecule has 0 saturated heterocycles. The summed E-state index contributed by atoms with van der Waals surface area (Å²) < 4.78 is 2.46. The molecule has 0 aliphatic heterocycles. The molecule has 1 aromatic heterocycles. The molecule has 38 heavy (non-hydrogen) atoms. The molecule has 0 radical (unpaired) electrons. The highest BCUT2D eigenvalue weighted by molar-refractivity contribution is 6.21. The molecule has 0 saturated carbocycles. The molecule has 0 aliphatic carbocycles. The molecule has 0 aliphatic rings. The Kier molecular flexibility index (Phi) is 5.12. The summed E-state index contributed by atoms with van der Waals surface area (Å²) in [7, 11) is 0. The number of nitrogens with zero attached hydrogens (tertiary/aromatic N) is 1. The lowest BCUT2D eigenvalue weighted by molar-refractivity contribution is 1.21. The minimum atomic E-state index is 0.940. The molecule has 0 atom stereocenters. The van der Waals surface area contributed by atoms with Gasteiger partial charge in [0.05, 0.1) is 16.7 Å². The molecule has 0 amide bonds. The zero-order chi connectivity index (χ0) is 25.6. The lowest BCUT2D eigenvalue weighted by Crippen LogP contribution is -1.97. The standard InChI is InChI=1S/C36H26N2/c1-24(10-8-9-21-37)26-18-19-32-33-20-17-25-11-2-5-14-29(25)36(33)38(34(32)22-26)35-23-27-12-3-4-13-28(27)30-15-6-7-16-31(30)35/h2-23H,1,37H2/b10-8-,21-9-. The predicted molar refractivity (Wildman–Crippen MR) is 165 cm³/mol. The first-order valence-corrected chi connectivity index (χ1v) is 12.9. The van der Waals surface area contributed by atoms with Gasteiger partial charge in [-0.1, -0.05) is 116 Å². The normalized spacial score (nSPS) is 12.2. The van der Waals surface area contributed by atoms with Gasteiger partial charge in [-0.3, -0.25) is 0 Å². The number of nitrogens with two attached hydrogens (primary N) is 1. The summed E-state index contributed by atoms with van der Waals surface area (Å²) in [6.07, 6.45) is 7.26. The molecule has 0 spiro atoms. The fraction of sp³-hybridized carbons (Fsp3) is 0. The average Bonchev–Trinajstić information content (AvgIpc) is 3.31. The number of hydrogen-bond acceptors (Lipinski definition) is 1. The van der Waals surface area contributed by atoms with E-state index in [0.29, 0.717) is 0 Å². The van der Waals surface area contributed by atoms with Gasteiger partial charge in [0.1, 0.15) is 0 Å². The van der Waals surface area contributed by atoms with Crippen molar-refractivity contribution in [3.8, 4) is 5.69 Å². The second-order valence-electron chi connectivity index (χ2n) is 9.68. The molecule has 0 unspecified atom stereocenters. The molecular weight excluding hydrogens is 460 g/mol. The van der Waals surface area contributed by atoms with E-state index >= 15 is 0 Å². The Bertz CT molecular complexity index is 2100. The molecule has 2 N–H and O–H groups in total. The lowest BCUT2D eigenvalue weighted by Gasteiger charge is -2.15. The van der Waals surface area contributed by atoms with Crippen LogP contribution >= 0.6 is 0 Å². The van der Waals surface area contributed by atoms with Crippen LogP contribution in [0.25, 0.3) is 65.4 Å². The summed E-state index contributed by atoms with van der Waals surface area (Å²) in [4.78, 5) is 0. The van der Waals surface area contributed by atoms with Crippen molar-refractivity contribution in [2.45, 2.75) is 0 Å². The fourth-order valence-electron chi connectivity index (χ4n) is 5.78. The van der Waals surface area contributed by atoms with Crippen LogP contribution in [0.4, 0.5) is 0 Å². The van der Waals surface area contributed by atoms with Crippen molar-refractivity contribution < 1.29 is 0 Å². The molecule has 2 heteroatoms. The molecular formula is C36H26N2. The van der Waals surface area contributed by atoms with Crippen LogP contribution < -0.4 is 5.73 Å². The number of rotatable bonds is 4. The molecule has 2 nitrogen and oxygen atoms in total. The van der Waals surface area contributed by atoms with Gasteiger partial charge in [0, 0.05) is 21.5 Å². The molecule has 0 fully saturated rings. The van der Waals surface area contributed by atoms with Crippen LogP contribution in [0.5, 0.6) is 0 Å². The van der Waals surface area contributed by atoms with E-state index in [9.17, 15) is 0 Å².